The lowest BCUT2D eigenvalue weighted by Crippen LogP contribution is -2.12. The van der Waals surface area contributed by atoms with Gasteiger partial charge in [0.15, 0.2) is 0 Å². The van der Waals surface area contributed by atoms with Gasteiger partial charge in [-0.05, 0) is 40.8 Å². The van der Waals surface area contributed by atoms with Crippen LogP contribution in [0.3, 0.4) is 0 Å². The molecule has 0 spiro atoms. The van der Waals surface area contributed by atoms with Crippen molar-refractivity contribution in [1.82, 2.24) is 0 Å². The van der Waals surface area contributed by atoms with E-state index in [2.05, 4.69) is 44.3 Å². The van der Waals surface area contributed by atoms with Crippen molar-refractivity contribution in [2.75, 3.05) is 24.3 Å². The Balaban J connectivity index is 2.20. The van der Waals surface area contributed by atoms with E-state index < -0.39 is 0 Å². The molecule has 0 saturated carbocycles. The van der Waals surface area contributed by atoms with E-state index in [-0.39, 0.29) is 5.41 Å². The maximum Gasteiger partial charge on any atom is 0.0639 e. The van der Waals surface area contributed by atoms with Gasteiger partial charge in [0.05, 0.1) is 21.4 Å². The first-order chi connectivity index (χ1) is 10.7. The standard InChI is InChI=1S/C19H24Cl2N2/c1-19(2,3)14-7-9-15(20)17(11-14)22-12-13-6-8-16(21)18(10-13)23(4)5/h6-11,22H,12H2,1-5H3. The van der Waals surface area contributed by atoms with Gasteiger partial charge in [-0.1, -0.05) is 56.1 Å². The largest absolute Gasteiger partial charge is 0.380 e. The molecule has 0 amide bonds. The van der Waals surface area contributed by atoms with E-state index in [0.29, 0.717) is 6.54 Å². The SMILES string of the molecule is CN(C)c1cc(CNc2cc(C(C)(C)C)ccc2Cl)ccc1Cl. The van der Waals surface area contributed by atoms with Crippen LogP contribution in [0.25, 0.3) is 0 Å². The Kier molecular flexibility index (Phi) is 5.49. The Morgan fingerprint density at radius 1 is 0.957 bits per heavy atom. The molecule has 0 atom stereocenters. The van der Waals surface area contributed by atoms with Crippen LogP contribution >= 0.6 is 23.2 Å². The Labute approximate surface area is 149 Å². The molecule has 0 aliphatic carbocycles. The number of halogens is 2. The van der Waals surface area contributed by atoms with Crippen molar-refractivity contribution in [2.24, 2.45) is 0 Å². The van der Waals surface area contributed by atoms with E-state index >= 15 is 0 Å². The van der Waals surface area contributed by atoms with E-state index in [0.717, 1.165) is 27.0 Å². The Morgan fingerprint density at radius 2 is 1.61 bits per heavy atom. The second-order valence-corrected chi connectivity index (χ2v) is 7.79. The second-order valence-electron chi connectivity index (χ2n) is 6.98. The molecule has 2 aromatic carbocycles. The fourth-order valence-corrected chi connectivity index (χ4v) is 2.81. The lowest BCUT2D eigenvalue weighted by atomic mass is 9.87. The number of nitrogens with zero attached hydrogens (tertiary/aromatic N) is 1. The van der Waals surface area contributed by atoms with Crippen molar-refractivity contribution in [3.63, 3.8) is 0 Å². The molecule has 0 aromatic heterocycles. The Morgan fingerprint density at radius 3 is 2.22 bits per heavy atom. The molecule has 4 heteroatoms. The predicted octanol–water partition coefficient (Wildman–Crippen LogP) is 5.97. The quantitative estimate of drug-likeness (QED) is 0.730. The number of nitrogens with one attached hydrogen (secondary N) is 1. The molecule has 0 aliphatic heterocycles. The van der Waals surface area contributed by atoms with Crippen LogP contribution in [-0.4, -0.2) is 14.1 Å². The Bertz CT molecular complexity index is 688. The van der Waals surface area contributed by atoms with Crippen molar-refractivity contribution < 1.29 is 0 Å². The zero-order valence-corrected chi connectivity index (χ0v) is 15.9. The van der Waals surface area contributed by atoms with Gasteiger partial charge in [0, 0.05) is 20.6 Å². The number of hydrogen-bond acceptors (Lipinski definition) is 2. The molecule has 0 unspecified atom stereocenters. The molecule has 0 heterocycles. The minimum absolute atomic E-state index is 0.0966. The average Bonchev–Trinajstić information content (AvgIpc) is 2.46. The summed E-state index contributed by atoms with van der Waals surface area (Å²) in [6, 6.07) is 12.2. The molecule has 0 aliphatic rings. The van der Waals surface area contributed by atoms with Gasteiger partial charge < -0.3 is 10.2 Å². The molecule has 0 fully saturated rings. The summed E-state index contributed by atoms with van der Waals surface area (Å²) in [4.78, 5) is 2.01. The first-order valence-corrected chi connectivity index (χ1v) is 8.44. The van der Waals surface area contributed by atoms with E-state index in [1.165, 1.54) is 5.56 Å². The fourth-order valence-electron chi connectivity index (χ4n) is 2.34. The number of anilines is 2. The summed E-state index contributed by atoms with van der Waals surface area (Å²) in [5, 5.41) is 4.93. The van der Waals surface area contributed by atoms with E-state index in [1.54, 1.807) is 0 Å². The first-order valence-electron chi connectivity index (χ1n) is 7.68. The highest BCUT2D eigenvalue weighted by molar-refractivity contribution is 6.33. The van der Waals surface area contributed by atoms with Crippen LogP contribution in [0, 0.1) is 0 Å². The van der Waals surface area contributed by atoms with Crippen molar-refractivity contribution in [1.29, 1.82) is 0 Å². The van der Waals surface area contributed by atoms with Gasteiger partial charge in [-0.15, -0.1) is 0 Å². The topological polar surface area (TPSA) is 15.3 Å². The molecule has 2 nitrogen and oxygen atoms in total. The van der Waals surface area contributed by atoms with Gasteiger partial charge in [-0.25, -0.2) is 0 Å². The summed E-state index contributed by atoms with van der Waals surface area (Å²) in [6.45, 7) is 7.29. The predicted molar refractivity (Wildman–Crippen MR) is 103 cm³/mol. The molecular weight excluding hydrogens is 327 g/mol. The lowest BCUT2D eigenvalue weighted by molar-refractivity contribution is 0.590. The summed E-state index contributed by atoms with van der Waals surface area (Å²) >= 11 is 12.5. The summed E-state index contributed by atoms with van der Waals surface area (Å²) in [5.41, 5.74) is 4.49. The van der Waals surface area contributed by atoms with Gasteiger partial charge in [0.25, 0.3) is 0 Å². The maximum absolute atomic E-state index is 6.33. The molecule has 1 N–H and O–H groups in total. The molecule has 0 radical (unpaired) electrons. The van der Waals surface area contributed by atoms with Crippen LogP contribution in [-0.2, 0) is 12.0 Å². The maximum atomic E-state index is 6.33. The minimum atomic E-state index is 0.0966. The van der Waals surface area contributed by atoms with Gasteiger partial charge in [0.1, 0.15) is 0 Å². The number of benzene rings is 2. The monoisotopic (exact) mass is 350 g/mol. The van der Waals surface area contributed by atoms with Crippen molar-refractivity contribution >= 4 is 34.6 Å². The summed E-state index contributed by atoms with van der Waals surface area (Å²) in [7, 11) is 3.98. The van der Waals surface area contributed by atoms with E-state index in [1.807, 2.05) is 37.2 Å². The lowest BCUT2D eigenvalue weighted by Gasteiger charge is -2.21. The van der Waals surface area contributed by atoms with Crippen molar-refractivity contribution in [3.05, 3.63) is 57.6 Å². The summed E-state index contributed by atoms with van der Waals surface area (Å²) in [6.07, 6.45) is 0. The Hall–Kier alpha value is -1.38. The smallest absolute Gasteiger partial charge is 0.0639 e. The van der Waals surface area contributed by atoms with Gasteiger partial charge in [-0.2, -0.15) is 0 Å². The van der Waals surface area contributed by atoms with E-state index in [4.69, 9.17) is 23.2 Å². The second kappa shape index (κ2) is 7.02. The molecule has 2 rings (SSSR count). The fraction of sp³-hybridized carbons (Fsp3) is 0.368. The highest BCUT2D eigenvalue weighted by Gasteiger charge is 2.15. The summed E-state index contributed by atoms with van der Waals surface area (Å²) < 4.78 is 0. The zero-order valence-electron chi connectivity index (χ0n) is 14.4. The third-order valence-corrected chi connectivity index (χ3v) is 4.46. The highest BCUT2D eigenvalue weighted by atomic mass is 35.5. The van der Waals surface area contributed by atoms with Gasteiger partial charge in [-0.3, -0.25) is 0 Å². The van der Waals surface area contributed by atoms with Crippen LogP contribution in [0.15, 0.2) is 36.4 Å². The molecule has 0 saturated heterocycles. The van der Waals surface area contributed by atoms with E-state index in [9.17, 15) is 0 Å². The number of hydrogen-bond donors (Lipinski definition) is 1. The molecule has 124 valence electrons. The normalized spacial score (nSPS) is 11.4. The highest BCUT2D eigenvalue weighted by Crippen LogP contribution is 2.31. The first kappa shape index (κ1) is 18.0. The van der Waals surface area contributed by atoms with Crippen LogP contribution in [0.1, 0.15) is 31.9 Å². The minimum Gasteiger partial charge on any atom is -0.380 e. The third kappa shape index (κ3) is 4.55. The average molecular weight is 351 g/mol. The van der Waals surface area contributed by atoms with Crippen LogP contribution < -0.4 is 10.2 Å². The molecular formula is C19H24Cl2N2. The number of rotatable bonds is 4. The summed E-state index contributed by atoms with van der Waals surface area (Å²) in [5.74, 6) is 0. The van der Waals surface area contributed by atoms with Crippen LogP contribution in [0.2, 0.25) is 10.0 Å². The van der Waals surface area contributed by atoms with Crippen molar-refractivity contribution in [2.45, 2.75) is 32.7 Å². The molecule has 23 heavy (non-hydrogen) atoms. The molecule has 0 bridgehead atoms. The van der Waals surface area contributed by atoms with Gasteiger partial charge >= 0.3 is 0 Å². The van der Waals surface area contributed by atoms with Crippen molar-refractivity contribution in [3.8, 4) is 0 Å². The third-order valence-electron chi connectivity index (χ3n) is 3.81. The van der Waals surface area contributed by atoms with Crippen LogP contribution in [0.4, 0.5) is 11.4 Å². The zero-order chi connectivity index (χ0) is 17.2. The van der Waals surface area contributed by atoms with Gasteiger partial charge in [0.2, 0.25) is 0 Å². The molecule has 2 aromatic rings. The van der Waals surface area contributed by atoms with Crippen LogP contribution in [0.5, 0.6) is 0 Å².